The molecule has 1 amide bonds. The Morgan fingerprint density at radius 1 is 1.45 bits per heavy atom. The predicted molar refractivity (Wildman–Crippen MR) is 73.8 cm³/mol. The van der Waals surface area contributed by atoms with Gasteiger partial charge in [0.2, 0.25) is 5.91 Å². The van der Waals surface area contributed by atoms with Crippen molar-refractivity contribution in [1.29, 1.82) is 0 Å². The van der Waals surface area contributed by atoms with E-state index in [2.05, 4.69) is 10.6 Å². The van der Waals surface area contributed by atoms with Crippen LogP contribution in [0.15, 0.2) is 24.3 Å². The highest BCUT2D eigenvalue weighted by Crippen LogP contribution is 2.19. The van der Waals surface area contributed by atoms with Crippen LogP contribution in [0.25, 0.3) is 0 Å². The monoisotopic (exact) mass is 278 g/mol. The Balaban J connectivity index is 1.93. The molecule has 1 fully saturated rings. The van der Waals surface area contributed by atoms with Crippen molar-refractivity contribution >= 4 is 17.6 Å². The number of anilines is 1. The molecular formula is C14H18N2O4. The highest BCUT2D eigenvalue weighted by atomic mass is 16.5. The average molecular weight is 278 g/mol. The number of benzene rings is 1. The number of carbonyl (C=O) groups is 2. The maximum Gasteiger partial charge on any atom is 0.341 e. The molecule has 0 aromatic heterocycles. The molecule has 0 radical (unpaired) electrons. The van der Waals surface area contributed by atoms with Crippen LogP contribution in [0.3, 0.4) is 0 Å². The molecule has 20 heavy (non-hydrogen) atoms. The van der Waals surface area contributed by atoms with E-state index in [1.807, 2.05) is 0 Å². The molecule has 1 aromatic rings. The molecule has 1 atom stereocenters. The fourth-order valence-electron chi connectivity index (χ4n) is 2.13. The summed E-state index contributed by atoms with van der Waals surface area (Å²) in [4.78, 5) is 22.5. The summed E-state index contributed by atoms with van der Waals surface area (Å²) in [5.74, 6) is -0.653. The number of piperidine rings is 1. The number of carbonyl (C=O) groups excluding carboxylic acids is 1. The van der Waals surface area contributed by atoms with Crippen molar-refractivity contribution in [1.82, 2.24) is 5.32 Å². The molecule has 1 heterocycles. The van der Waals surface area contributed by atoms with E-state index in [1.165, 1.54) is 0 Å². The Labute approximate surface area is 117 Å². The topological polar surface area (TPSA) is 87.7 Å². The molecule has 108 valence electrons. The van der Waals surface area contributed by atoms with E-state index in [-0.39, 0.29) is 11.8 Å². The van der Waals surface area contributed by atoms with Crippen LogP contribution in [0, 0.1) is 5.92 Å². The molecule has 3 N–H and O–H groups in total. The lowest BCUT2D eigenvalue weighted by molar-refractivity contribution is -0.139. The van der Waals surface area contributed by atoms with Gasteiger partial charge in [-0.2, -0.15) is 0 Å². The third-order valence-electron chi connectivity index (χ3n) is 3.13. The van der Waals surface area contributed by atoms with Crippen molar-refractivity contribution in [2.45, 2.75) is 12.8 Å². The van der Waals surface area contributed by atoms with Crippen LogP contribution in [0.5, 0.6) is 5.75 Å². The first-order valence-corrected chi connectivity index (χ1v) is 6.61. The predicted octanol–water partition coefficient (Wildman–Crippen LogP) is 1.09. The van der Waals surface area contributed by atoms with Crippen molar-refractivity contribution < 1.29 is 19.4 Å². The maximum atomic E-state index is 12.1. The molecule has 1 aliphatic rings. The second kappa shape index (κ2) is 6.91. The van der Waals surface area contributed by atoms with Gasteiger partial charge in [0, 0.05) is 18.3 Å². The minimum absolute atomic E-state index is 0.0208. The zero-order chi connectivity index (χ0) is 14.4. The Bertz CT molecular complexity index is 484. The van der Waals surface area contributed by atoms with Crippen LogP contribution in [0.1, 0.15) is 12.8 Å². The number of hydrogen-bond donors (Lipinski definition) is 3. The summed E-state index contributed by atoms with van der Waals surface area (Å²) >= 11 is 0. The SMILES string of the molecule is O=C(O)COc1cccc(NC(=O)C2CCCNC2)c1. The molecule has 2 rings (SSSR count). The lowest BCUT2D eigenvalue weighted by atomic mass is 9.99. The Kier molecular flexibility index (Phi) is 4.95. The first-order chi connectivity index (χ1) is 9.65. The molecule has 1 saturated heterocycles. The summed E-state index contributed by atoms with van der Waals surface area (Å²) in [6.45, 7) is 1.26. The number of nitrogens with one attached hydrogen (secondary N) is 2. The van der Waals surface area contributed by atoms with Gasteiger partial charge in [-0.15, -0.1) is 0 Å². The molecule has 0 bridgehead atoms. The molecule has 1 unspecified atom stereocenters. The molecule has 0 aliphatic carbocycles. The van der Waals surface area contributed by atoms with E-state index in [1.54, 1.807) is 24.3 Å². The van der Waals surface area contributed by atoms with Gasteiger partial charge in [0.1, 0.15) is 5.75 Å². The van der Waals surface area contributed by atoms with Gasteiger partial charge in [0.25, 0.3) is 0 Å². The van der Waals surface area contributed by atoms with Crippen molar-refractivity contribution in [3.05, 3.63) is 24.3 Å². The Hall–Kier alpha value is -2.08. The van der Waals surface area contributed by atoms with E-state index in [4.69, 9.17) is 9.84 Å². The van der Waals surface area contributed by atoms with Gasteiger partial charge in [-0.1, -0.05) is 6.07 Å². The summed E-state index contributed by atoms with van der Waals surface area (Å²) in [7, 11) is 0. The van der Waals surface area contributed by atoms with Crippen LogP contribution in [0.4, 0.5) is 5.69 Å². The number of ether oxygens (including phenoxy) is 1. The fraction of sp³-hybridized carbons (Fsp3) is 0.429. The van der Waals surface area contributed by atoms with Gasteiger partial charge in [-0.3, -0.25) is 4.79 Å². The molecule has 1 aliphatic heterocycles. The molecule has 1 aromatic carbocycles. The summed E-state index contributed by atoms with van der Waals surface area (Å²) < 4.78 is 5.07. The highest BCUT2D eigenvalue weighted by molar-refractivity contribution is 5.92. The van der Waals surface area contributed by atoms with Crippen LogP contribution in [-0.4, -0.2) is 36.7 Å². The van der Waals surface area contributed by atoms with Gasteiger partial charge in [-0.25, -0.2) is 4.79 Å². The third-order valence-corrected chi connectivity index (χ3v) is 3.13. The maximum absolute atomic E-state index is 12.1. The number of rotatable bonds is 5. The number of amides is 1. The number of aliphatic carboxylic acids is 1. The van der Waals surface area contributed by atoms with Crippen molar-refractivity contribution in [2.75, 3.05) is 25.0 Å². The van der Waals surface area contributed by atoms with Gasteiger partial charge in [0.15, 0.2) is 6.61 Å². The fourth-order valence-corrected chi connectivity index (χ4v) is 2.13. The van der Waals surface area contributed by atoms with Crippen LogP contribution < -0.4 is 15.4 Å². The minimum Gasteiger partial charge on any atom is -0.482 e. The van der Waals surface area contributed by atoms with Crippen LogP contribution >= 0.6 is 0 Å². The number of hydrogen-bond acceptors (Lipinski definition) is 4. The normalized spacial score (nSPS) is 18.3. The summed E-state index contributed by atoms with van der Waals surface area (Å²) in [6, 6.07) is 6.74. The summed E-state index contributed by atoms with van der Waals surface area (Å²) in [6.07, 6.45) is 1.88. The Morgan fingerprint density at radius 3 is 3.00 bits per heavy atom. The number of carboxylic acids is 1. The van der Waals surface area contributed by atoms with Gasteiger partial charge >= 0.3 is 5.97 Å². The first-order valence-electron chi connectivity index (χ1n) is 6.61. The molecule has 0 saturated carbocycles. The lowest BCUT2D eigenvalue weighted by Gasteiger charge is -2.22. The lowest BCUT2D eigenvalue weighted by Crippen LogP contribution is -2.37. The van der Waals surface area contributed by atoms with E-state index in [0.717, 1.165) is 19.4 Å². The molecule has 6 nitrogen and oxygen atoms in total. The highest BCUT2D eigenvalue weighted by Gasteiger charge is 2.20. The van der Waals surface area contributed by atoms with E-state index >= 15 is 0 Å². The minimum atomic E-state index is -1.03. The van der Waals surface area contributed by atoms with Gasteiger partial charge in [-0.05, 0) is 31.5 Å². The Morgan fingerprint density at radius 2 is 2.30 bits per heavy atom. The van der Waals surface area contributed by atoms with Crippen molar-refractivity contribution in [2.24, 2.45) is 5.92 Å². The smallest absolute Gasteiger partial charge is 0.341 e. The summed E-state index contributed by atoms with van der Waals surface area (Å²) in [5.41, 5.74) is 0.614. The zero-order valence-electron chi connectivity index (χ0n) is 11.1. The quantitative estimate of drug-likeness (QED) is 0.750. The van der Waals surface area contributed by atoms with E-state index in [9.17, 15) is 9.59 Å². The van der Waals surface area contributed by atoms with Crippen molar-refractivity contribution in [3.63, 3.8) is 0 Å². The average Bonchev–Trinajstić information content (AvgIpc) is 2.46. The van der Waals surface area contributed by atoms with Gasteiger partial charge in [0.05, 0.1) is 5.92 Å². The van der Waals surface area contributed by atoms with Gasteiger partial charge < -0.3 is 20.5 Å². The largest absolute Gasteiger partial charge is 0.482 e. The van der Waals surface area contributed by atoms with Crippen molar-refractivity contribution in [3.8, 4) is 5.75 Å². The van der Waals surface area contributed by atoms with Crippen LogP contribution in [-0.2, 0) is 9.59 Å². The standard InChI is InChI=1S/C14H18N2O4/c17-13(18)9-20-12-5-1-4-11(7-12)16-14(19)10-3-2-6-15-8-10/h1,4-5,7,10,15H,2-3,6,8-9H2,(H,16,19)(H,17,18). The first kappa shape index (κ1) is 14.3. The molecular weight excluding hydrogens is 260 g/mol. The molecule has 6 heteroatoms. The summed E-state index contributed by atoms with van der Waals surface area (Å²) in [5, 5.41) is 14.6. The van der Waals surface area contributed by atoms with E-state index < -0.39 is 12.6 Å². The second-order valence-corrected chi connectivity index (χ2v) is 4.74. The molecule has 0 spiro atoms. The van der Waals surface area contributed by atoms with E-state index in [0.29, 0.717) is 18.0 Å². The number of carboxylic acid groups (broad SMARTS) is 1. The second-order valence-electron chi connectivity index (χ2n) is 4.74. The zero-order valence-corrected chi connectivity index (χ0v) is 11.1. The third kappa shape index (κ3) is 4.24. The van der Waals surface area contributed by atoms with Crippen LogP contribution in [0.2, 0.25) is 0 Å².